The van der Waals surface area contributed by atoms with Gasteiger partial charge in [-0.05, 0) is 49.9 Å². The van der Waals surface area contributed by atoms with Gasteiger partial charge in [-0.2, -0.15) is 0 Å². The van der Waals surface area contributed by atoms with Gasteiger partial charge in [0.2, 0.25) is 0 Å². The van der Waals surface area contributed by atoms with Gasteiger partial charge in [0.15, 0.2) is 6.10 Å². The first kappa shape index (κ1) is 20.7. The molecule has 0 aliphatic heterocycles. The Balaban J connectivity index is 1.75. The molecule has 2 N–H and O–H groups in total. The van der Waals surface area contributed by atoms with Gasteiger partial charge < -0.3 is 20.1 Å². The summed E-state index contributed by atoms with van der Waals surface area (Å²) in [4.78, 5) is 36.2. The highest BCUT2D eigenvalue weighted by Gasteiger charge is 2.26. The van der Waals surface area contributed by atoms with Crippen LogP contribution in [0.2, 0.25) is 0 Å². The fourth-order valence-corrected chi connectivity index (χ4v) is 3.12. The average Bonchev–Trinajstić information content (AvgIpc) is 2.67. The first-order valence-corrected chi connectivity index (χ1v) is 9.32. The van der Waals surface area contributed by atoms with Crippen molar-refractivity contribution in [3.05, 3.63) is 29.8 Å². The number of benzene rings is 1. The van der Waals surface area contributed by atoms with Crippen molar-refractivity contribution in [2.45, 2.75) is 51.7 Å². The maximum atomic E-state index is 12.2. The van der Waals surface area contributed by atoms with E-state index in [9.17, 15) is 14.4 Å². The molecule has 7 heteroatoms. The van der Waals surface area contributed by atoms with Gasteiger partial charge in [-0.1, -0.05) is 19.8 Å². The van der Waals surface area contributed by atoms with E-state index in [1.54, 1.807) is 24.3 Å². The molecule has 1 aliphatic carbocycles. The number of ether oxygens (including phenoxy) is 2. The maximum Gasteiger partial charge on any atom is 0.326 e. The molecule has 0 radical (unpaired) electrons. The molecule has 1 fully saturated rings. The second-order valence-electron chi connectivity index (χ2n) is 6.92. The third kappa shape index (κ3) is 6.27. The van der Waals surface area contributed by atoms with Gasteiger partial charge in [0.1, 0.15) is 12.3 Å². The number of hydrogen-bond donors (Lipinski definition) is 2. The van der Waals surface area contributed by atoms with Crippen molar-refractivity contribution in [2.75, 3.05) is 13.7 Å². The number of carbonyl (C=O) groups is 3. The van der Waals surface area contributed by atoms with Crippen molar-refractivity contribution < 1.29 is 23.9 Å². The zero-order valence-corrected chi connectivity index (χ0v) is 16.1. The third-order valence-corrected chi connectivity index (χ3v) is 4.86. The van der Waals surface area contributed by atoms with Crippen LogP contribution in [-0.2, 0) is 14.3 Å². The summed E-state index contributed by atoms with van der Waals surface area (Å²) in [6.45, 7) is 3.35. The molecule has 0 spiro atoms. The second-order valence-corrected chi connectivity index (χ2v) is 6.92. The Hall–Kier alpha value is -2.57. The fourth-order valence-electron chi connectivity index (χ4n) is 3.12. The molecule has 0 unspecified atom stereocenters. The van der Waals surface area contributed by atoms with Crippen molar-refractivity contribution in [1.29, 1.82) is 0 Å². The van der Waals surface area contributed by atoms with Crippen LogP contribution in [0.5, 0.6) is 5.75 Å². The van der Waals surface area contributed by atoms with Crippen LogP contribution >= 0.6 is 0 Å². The van der Waals surface area contributed by atoms with Crippen LogP contribution in [-0.4, -0.2) is 43.6 Å². The summed E-state index contributed by atoms with van der Waals surface area (Å²) in [5.41, 5.74) is 0.403. The molecule has 7 nitrogen and oxygen atoms in total. The minimum atomic E-state index is -0.899. The van der Waals surface area contributed by atoms with Crippen LogP contribution in [0, 0.1) is 5.92 Å². The highest BCUT2D eigenvalue weighted by atomic mass is 16.5. The Labute approximate surface area is 159 Å². The highest BCUT2D eigenvalue weighted by Crippen LogP contribution is 2.23. The second kappa shape index (κ2) is 9.94. The van der Waals surface area contributed by atoms with E-state index in [1.165, 1.54) is 20.5 Å². The quantitative estimate of drug-likeness (QED) is 0.711. The number of nitrogens with one attached hydrogen (secondary N) is 2. The van der Waals surface area contributed by atoms with Crippen LogP contribution in [0.3, 0.4) is 0 Å². The normalized spacial score (nSPS) is 20.3. The van der Waals surface area contributed by atoms with Gasteiger partial charge in [0, 0.05) is 11.6 Å². The molecular formula is C20H28N2O5. The van der Waals surface area contributed by atoms with Crippen molar-refractivity contribution in [2.24, 2.45) is 5.92 Å². The fraction of sp³-hybridized carbons (Fsp3) is 0.550. The van der Waals surface area contributed by atoms with Crippen molar-refractivity contribution in [1.82, 2.24) is 10.6 Å². The van der Waals surface area contributed by atoms with E-state index in [2.05, 4.69) is 17.6 Å². The number of carbonyl (C=O) groups excluding carboxylic acids is 3. The van der Waals surface area contributed by atoms with Crippen LogP contribution in [0.4, 0.5) is 0 Å². The molecule has 0 saturated heterocycles. The van der Waals surface area contributed by atoms with Crippen LogP contribution in [0.1, 0.15) is 49.9 Å². The Kier molecular flexibility index (Phi) is 7.64. The molecule has 1 aliphatic rings. The maximum absolute atomic E-state index is 12.2. The summed E-state index contributed by atoms with van der Waals surface area (Å²) < 4.78 is 10.2. The van der Waals surface area contributed by atoms with Crippen LogP contribution in [0.15, 0.2) is 24.3 Å². The summed E-state index contributed by atoms with van der Waals surface area (Å²) in [6.07, 6.45) is 3.43. The van der Waals surface area contributed by atoms with Crippen LogP contribution in [0.25, 0.3) is 0 Å². The Morgan fingerprint density at radius 1 is 1.15 bits per heavy atom. The molecule has 1 aromatic rings. The van der Waals surface area contributed by atoms with Crippen molar-refractivity contribution in [3.63, 3.8) is 0 Å². The Morgan fingerprint density at radius 3 is 2.44 bits per heavy atom. The first-order chi connectivity index (χ1) is 12.9. The lowest BCUT2D eigenvalue weighted by molar-refractivity contribution is -0.154. The van der Waals surface area contributed by atoms with E-state index >= 15 is 0 Å². The van der Waals surface area contributed by atoms with Gasteiger partial charge in [0.25, 0.3) is 11.8 Å². The zero-order chi connectivity index (χ0) is 19.8. The molecule has 0 bridgehead atoms. The molecule has 27 heavy (non-hydrogen) atoms. The lowest BCUT2D eigenvalue weighted by atomic mass is 9.86. The van der Waals surface area contributed by atoms with Gasteiger partial charge in [-0.15, -0.1) is 0 Å². The number of rotatable bonds is 7. The molecule has 0 aromatic heterocycles. The number of esters is 1. The predicted octanol–water partition coefficient (Wildman–Crippen LogP) is 2.05. The average molecular weight is 376 g/mol. The largest absolute Gasteiger partial charge is 0.497 e. The molecule has 148 valence electrons. The van der Waals surface area contributed by atoms with E-state index in [0.717, 1.165) is 19.3 Å². The lowest BCUT2D eigenvalue weighted by Gasteiger charge is -2.30. The summed E-state index contributed by atoms with van der Waals surface area (Å²) >= 11 is 0. The van der Waals surface area contributed by atoms with E-state index < -0.39 is 18.0 Å². The SMILES string of the molecule is COc1ccc(C(=O)NCC(=O)O[C@H](C)C(=O)N[C@@H]2CCCC[C@H]2C)cc1. The molecule has 0 heterocycles. The third-order valence-electron chi connectivity index (χ3n) is 4.86. The summed E-state index contributed by atoms with van der Waals surface area (Å²) in [5, 5.41) is 5.44. The van der Waals surface area contributed by atoms with Crippen molar-refractivity contribution >= 4 is 17.8 Å². The topological polar surface area (TPSA) is 93.7 Å². The number of hydrogen-bond acceptors (Lipinski definition) is 5. The molecular weight excluding hydrogens is 348 g/mol. The first-order valence-electron chi connectivity index (χ1n) is 9.32. The molecule has 3 atom stereocenters. The van der Waals surface area contributed by atoms with Gasteiger partial charge in [-0.25, -0.2) is 0 Å². The molecule has 1 aromatic carbocycles. The standard InChI is InChI=1S/C20H28N2O5/c1-13-6-4-5-7-17(13)22-19(24)14(2)27-18(23)12-21-20(25)15-8-10-16(26-3)11-9-15/h8-11,13-14,17H,4-7,12H2,1-3H3,(H,21,25)(H,22,24)/t13-,14-,17-/m1/s1. The van der Waals surface area contributed by atoms with E-state index in [4.69, 9.17) is 9.47 Å². The van der Waals surface area contributed by atoms with Gasteiger partial charge in [-0.3, -0.25) is 14.4 Å². The summed E-state index contributed by atoms with van der Waals surface area (Å²) in [7, 11) is 1.54. The minimum Gasteiger partial charge on any atom is -0.497 e. The van der Waals surface area contributed by atoms with Gasteiger partial charge >= 0.3 is 5.97 Å². The van der Waals surface area contributed by atoms with E-state index in [-0.39, 0.29) is 18.5 Å². The molecule has 1 saturated carbocycles. The lowest BCUT2D eigenvalue weighted by Crippen LogP contribution is -2.46. The minimum absolute atomic E-state index is 0.127. The number of methoxy groups -OCH3 is 1. The van der Waals surface area contributed by atoms with Crippen LogP contribution < -0.4 is 15.4 Å². The van der Waals surface area contributed by atoms with E-state index in [0.29, 0.717) is 17.2 Å². The highest BCUT2D eigenvalue weighted by molar-refractivity contribution is 5.96. The molecule has 2 amide bonds. The Morgan fingerprint density at radius 2 is 1.81 bits per heavy atom. The molecule has 2 rings (SSSR count). The smallest absolute Gasteiger partial charge is 0.326 e. The predicted molar refractivity (Wildman–Crippen MR) is 100 cm³/mol. The Bertz CT molecular complexity index is 659. The monoisotopic (exact) mass is 376 g/mol. The number of amides is 2. The summed E-state index contributed by atoms with van der Waals surface area (Å²) in [5.74, 6) is -0.296. The van der Waals surface area contributed by atoms with E-state index in [1.807, 2.05) is 0 Å². The van der Waals surface area contributed by atoms with Crippen molar-refractivity contribution in [3.8, 4) is 5.75 Å². The summed E-state index contributed by atoms with van der Waals surface area (Å²) in [6, 6.07) is 6.64. The van der Waals surface area contributed by atoms with Gasteiger partial charge in [0.05, 0.1) is 7.11 Å². The zero-order valence-electron chi connectivity index (χ0n) is 16.1.